The lowest BCUT2D eigenvalue weighted by Gasteiger charge is -2.27. The number of ether oxygens (including phenoxy) is 2. The van der Waals surface area contributed by atoms with Crippen molar-refractivity contribution in [3.05, 3.63) is 102 Å². The third-order valence-corrected chi connectivity index (χ3v) is 6.24. The molecular formula is C27H23N3O4S. The highest BCUT2D eigenvalue weighted by Crippen LogP contribution is 2.45. The number of furan rings is 1. The molecule has 1 saturated heterocycles. The largest absolute Gasteiger partial charge is 0.495 e. The summed E-state index contributed by atoms with van der Waals surface area (Å²) in [5, 5.41) is 3.96. The Morgan fingerprint density at radius 3 is 2.63 bits per heavy atom. The van der Waals surface area contributed by atoms with Gasteiger partial charge in [-0.2, -0.15) is 0 Å². The van der Waals surface area contributed by atoms with Crippen LogP contribution in [0, 0.1) is 0 Å². The molecule has 0 spiro atoms. The number of benzene rings is 2. The SMILES string of the molecule is COC(=O)c1cccc(-c2ccc([C@H]3[C@H](c4ccccn4)NC(=S)N3c3ccccc3OC)o2)c1. The highest BCUT2D eigenvalue weighted by atomic mass is 32.1. The summed E-state index contributed by atoms with van der Waals surface area (Å²) in [5.41, 5.74) is 2.88. The zero-order valence-electron chi connectivity index (χ0n) is 19.2. The number of nitrogens with one attached hydrogen (secondary N) is 1. The molecule has 0 aliphatic carbocycles. The zero-order chi connectivity index (χ0) is 24.4. The lowest BCUT2D eigenvalue weighted by Crippen LogP contribution is -2.29. The first-order valence-electron chi connectivity index (χ1n) is 11.0. The van der Waals surface area contributed by atoms with Gasteiger partial charge in [-0.1, -0.05) is 30.3 Å². The molecule has 1 N–H and O–H groups in total. The number of methoxy groups -OCH3 is 2. The van der Waals surface area contributed by atoms with Gasteiger partial charge in [-0.25, -0.2) is 4.79 Å². The highest BCUT2D eigenvalue weighted by Gasteiger charge is 2.43. The van der Waals surface area contributed by atoms with E-state index in [1.807, 2.05) is 65.6 Å². The summed E-state index contributed by atoms with van der Waals surface area (Å²) in [4.78, 5) is 18.6. The van der Waals surface area contributed by atoms with Crippen LogP contribution in [0.3, 0.4) is 0 Å². The Hall–Kier alpha value is -4.17. The van der Waals surface area contributed by atoms with Crippen LogP contribution in [-0.2, 0) is 4.74 Å². The van der Waals surface area contributed by atoms with Gasteiger partial charge in [-0.05, 0) is 60.7 Å². The van der Waals surface area contributed by atoms with Crippen molar-refractivity contribution in [2.45, 2.75) is 12.1 Å². The predicted octanol–water partition coefficient (Wildman–Crippen LogP) is 5.31. The number of thiocarbonyl (C=S) groups is 1. The summed E-state index contributed by atoms with van der Waals surface area (Å²) in [6.45, 7) is 0. The van der Waals surface area contributed by atoms with Crippen molar-refractivity contribution in [1.82, 2.24) is 10.3 Å². The van der Waals surface area contributed by atoms with E-state index in [4.69, 9.17) is 26.1 Å². The van der Waals surface area contributed by atoms with Gasteiger partial charge in [0.1, 0.15) is 23.3 Å². The molecule has 1 fully saturated rings. The fourth-order valence-electron chi connectivity index (χ4n) is 4.32. The number of hydrogen-bond donors (Lipinski definition) is 1. The van der Waals surface area contributed by atoms with Gasteiger partial charge < -0.3 is 24.1 Å². The molecule has 0 unspecified atom stereocenters. The molecule has 7 nitrogen and oxygen atoms in total. The van der Waals surface area contributed by atoms with E-state index in [0.29, 0.717) is 27.9 Å². The predicted molar refractivity (Wildman–Crippen MR) is 136 cm³/mol. The number of rotatable bonds is 6. The number of pyridine rings is 1. The smallest absolute Gasteiger partial charge is 0.337 e. The molecule has 5 rings (SSSR count). The summed E-state index contributed by atoms with van der Waals surface area (Å²) < 4.78 is 16.9. The Kier molecular flexibility index (Phi) is 6.20. The normalized spacial score (nSPS) is 17.2. The third-order valence-electron chi connectivity index (χ3n) is 5.93. The van der Waals surface area contributed by atoms with Crippen LogP contribution >= 0.6 is 12.2 Å². The van der Waals surface area contributed by atoms with E-state index in [-0.39, 0.29) is 12.1 Å². The molecule has 35 heavy (non-hydrogen) atoms. The summed E-state index contributed by atoms with van der Waals surface area (Å²) >= 11 is 5.78. The van der Waals surface area contributed by atoms with Gasteiger partial charge in [0, 0.05) is 11.8 Å². The Labute approximate surface area is 208 Å². The first-order chi connectivity index (χ1) is 17.1. The Morgan fingerprint density at radius 2 is 1.86 bits per heavy atom. The number of hydrogen-bond acceptors (Lipinski definition) is 6. The molecule has 4 aromatic rings. The number of carbonyl (C=O) groups is 1. The van der Waals surface area contributed by atoms with Crippen LogP contribution in [0.25, 0.3) is 11.3 Å². The van der Waals surface area contributed by atoms with E-state index < -0.39 is 5.97 Å². The first-order valence-corrected chi connectivity index (χ1v) is 11.4. The minimum atomic E-state index is -0.401. The minimum Gasteiger partial charge on any atom is -0.495 e. The van der Waals surface area contributed by atoms with Gasteiger partial charge in [0.25, 0.3) is 0 Å². The van der Waals surface area contributed by atoms with E-state index >= 15 is 0 Å². The fourth-order valence-corrected chi connectivity index (χ4v) is 4.66. The molecule has 0 bridgehead atoms. The Balaban J connectivity index is 1.60. The molecular weight excluding hydrogens is 462 g/mol. The number of aromatic nitrogens is 1. The zero-order valence-corrected chi connectivity index (χ0v) is 20.0. The van der Waals surface area contributed by atoms with Gasteiger partial charge in [-0.15, -0.1) is 0 Å². The fraction of sp³-hybridized carbons (Fsp3) is 0.148. The van der Waals surface area contributed by atoms with Crippen molar-refractivity contribution in [2.75, 3.05) is 19.1 Å². The summed E-state index contributed by atoms with van der Waals surface area (Å²) in [7, 11) is 3.00. The molecule has 2 atom stereocenters. The average Bonchev–Trinajstić information content (AvgIpc) is 3.53. The second kappa shape index (κ2) is 9.60. The van der Waals surface area contributed by atoms with Crippen LogP contribution in [0.2, 0.25) is 0 Å². The number of anilines is 1. The number of nitrogens with zero attached hydrogens (tertiary/aromatic N) is 2. The van der Waals surface area contributed by atoms with Crippen LogP contribution in [0.15, 0.2) is 89.5 Å². The molecule has 2 aromatic heterocycles. The molecule has 0 amide bonds. The van der Waals surface area contributed by atoms with Gasteiger partial charge in [0.05, 0.1) is 37.2 Å². The van der Waals surface area contributed by atoms with E-state index in [9.17, 15) is 4.79 Å². The highest BCUT2D eigenvalue weighted by molar-refractivity contribution is 7.80. The van der Waals surface area contributed by atoms with Gasteiger partial charge >= 0.3 is 5.97 Å². The van der Waals surface area contributed by atoms with E-state index in [1.165, 1.54) is 7.11 Å². The first kappa shape index (κ1) is 22.6. The number of para-hydroxylation sites is 2. The second-order valence-electron chi connectivity index (χ2n) is 7.94. The number of esters is 1. The molecule has 176 valence electrons. The average molecular weight is 486 g/mol. The molecule has 0 saturated carbocycles. The summed E-state index contributed by atoms with van der Waals surface area (Å²) in [6.07, 6.45) is 1.76. The van der Waals surface area contributed by atoms with Crippen LogP contribution in [0.5, 0.6) is 5.75 Å². The Bertz CT molecular complexity index is 1370. The molecule has 2 aromatic carbocycles. The van der Waals surface area contributed by atoms with Crippen molar-refractivity contribution in [3.63, 3.8) is 0 Å². The summed E-state index contributed by atoms with van der Waals surface area (Å²) in [5.74, 6) is 1.61. The topological polar surface area (TPSA) is 76.8 Å². The molecule has 1 aliphatic heterocycles. The van der Waals surface area contributed by atoms with Crippen LogP contribution < -0.4 is 15.0 Å². The van der Waals surface area contributed by atoms with Gasteiger partial charge in [0.15, 0.2) is 5.11 Å². The molecule has 8 heteroatoms. The summed E-state index contributed by atoms with van der Waals surface area (Å²) in [6, 6.07) is 23.9. The van der Waals surface area contributed by atoms with E-state index in [1.54, 1.807) is 31.5 Å². The van der Waals surface area contributed by atoms with Crippen molar-refractivity contribution in [1.29, 1.82) is 0 Å². The lowest BCUT2D eigenvalue weighted by molar-refractivity contribution is 0.0601. The van der Waals surface area contributed by atoms with Crippen molar-refractivity contribution in [2.24, 2.45) is 0 Å². The second-order valence-corrected chi connectivity index (χ2v) is 8.33. The lowest BCUT2D eigenvalue weighted by atomic mass is 10.0. The monoisotopic (exact) mass is 485 g/mol. The maximum absolute atomic E-state index is 12.0. The maximum atomic E-state index is 12.0. The minimum absolute atomic E-state index is 0.256. The van der Waals surface area contributed by atoms with E-state index in [0.717, 1.165) is 16.9 Å². The van der Waals surface area contributed by atoms with Crippen LogP contribution in [0.1, 0.15) is 33.9 Å². The van der Waals surface area contributed by atoms with Crippen LogP contribution in [0.4, 0.5) is 5.69 Å². The van der Waals surface area contributed by atoms with Crippen molar-refractivity contribution < 1.29 is 18.7 Å². The maximum Gasteiger partial charge on any atom is 0.337 e. The van der Waals surface area contributed by atoms with Crippen molar-refractivity contribution >= 4 is 29.0 Å². The standard InChI is InChI=1S/C27H23N3O4S/c1-32-22-12-4-3-11-20(22)30-25(24(29-27(30)35)19-10-5-6-15-28-19)23-14-13-21(34-23)17-8-7-9-18(16-17)26(31)33-2/h3-16,24-25H,1-2H3,(H,29,35)/t24-,25-/m0/s1. The van der Waals surface area contributed by atoms with Crippen molar-refractivity contribution in [3.8, 4) is 17.1 Å². The molecule has 1 aliphatic rings. The number of carbonyl (C=O) groups excluding carboxylic acids is 1. The van der Waals surface area contributed by atoms with E-state index in [2.05, 4.69) is 10.3 Å². The van der Waals surface area contributed by atoms with Crippen LogP contribution in [-0.4, -0.2) is 30.3 Å². The molecule has 0 radical (unpaired) electrons. The van der Waals surface area contributed by atoms with Gasteiger partial charge in [-0.3, -0.25) is 4.98 Å². The Morgan fingerprint density at radius 1 is 1.03 bits per heavy atom. The quantitative estimate of drug-likeness (QED) is 0.291. The molecule has 3 heterocycles. The van der Waals surface area contributed by atoms with Gasteiger partial charge in [0.2, 0.25) is 0 Å². The third kappa shape index (κ3) is 4.24.